The molecule has 0 aliphatic rings. The summed E-state index contributed by atoms with van der Waals surface area (Å²) in [4.78, 5) is 0. The first-order chi connectivity index (χ1) is 5.34. The van der Waals surface area contributed by atoms with Crippen LogP contribution in [0.25, 0.3) is 5.57 Å². The van der Waals surface area contributed by atoms with Crippen LogP contribution in [0.3, 0.4) is 0 Å². The van der Waals surface area contributed by atoms with E-state index in [4.69, 9.17) is 5.26 Å². The molecule has 0 unspecified atom stereocenters. The van der Waals surface area contributed by atoms with Gasteiger partial charge in [0.1, 0.15) is 0 Å². The molecule has 53 valence electrons. The van der Waals surface area contributed by atoms with Crippen molar-refractivity contribution in [1.82, 2.24) is 0 Å². The van der Waals surface area contributed by atoms with Crippen molar-refractivity contribution >= 4 is 5.57 Å². The molecule has 11 heavy (non-hydrogen) atoms. The molecule has 0 fully saturated rings. The zero-order valence-electron chi connectivity index (χ0n) is 6.33. The van der Waals surface area contributed by atoms with E-state index < -0.39 is 0 Å². The maximum absolute atomic E-state index is 8.36. The monoisotopic (exact) mass is 142 g/mol. The molecular formula is C10H8N. The molecule has 0 saturated carbocycles. The van der Waals surface area contributed by atoms with Gasteiger partial charge in [-0.05, 0) is 24.1 Å². The minimum absolute atomic E-state index is 0.988. The van der Waals surface area contributed by atoms with Crippen molar-refractivity contribution in [3.05, 3.63) is 42.0 Å². The van der Waals surface area contributed by atoms with Crippen LogP contribution in [-0.2, 0) is 0 Å². The maximum atomic E-state index is 8.36. The topological polar surface area (TPSA) is 23.8 Å². The van der Waals surface area contributed by atoms with Gasteiger partial charge in [0, 0.05) is 6.08 Å². The van der Waals surface area contributed by atoms with Crippen LogP contribution in [0.5, 0.6) is 0 Å². The normalized spacial score (nSPS) is 10.7. The van der Waals surface area contributed by atoms with Crippen molar-refractivity contribution in [2.24, 2.45) is 0 Å². The van der Waals surface area contributed by atoms with Crippen molar-refractivity contribution in [3.8, 4) is 6.07 Å². The molecule has 0 atom stereocenters. The van der Waals surface area contributed by atoms with Gasteiger partial charge < -0.3 is 0 Å². The van der Waals surface area contributed by atoms with Gasteiger partial charge in [-0.1, -0.05) is 24.3 Å². The molecule has 0 amide bonds. The van der Waals surface area contributed by atoms with Crippen molar-refractivity contribution in [2.75, 3.05) is 0 Å². The highest BCUT2D eigenvalue weighted by atomic mass is 14.2. The van der Waals surface area contributed by atoms with E-state index in [1.54, 1.807) is 0 Å². The first-order valence-electron chi connectivity index (χ1n) is 3.37. The van der Waals surface area contributed by atoms with Crippen LogP contribution in [0.4, 0.5) is 0 Å². The van der Waals surface area contributed by atoms with E-state index in [1.807, 2.05) is 37.3 Å². The first-order valence-corrected chi connectivity index (χ1v) is 3.37. The lowest BCUT2D eigenvalue weighted by atomic mass is 10.1. The quantitative estimate of drug-likeness (QED) is 0.552. The van der Waals surface area contributed by atoms with Gasteiger partial charge in [-0.2, -0.15) is 5.26 Å². The van der Waals surface area contributed by atoms with Crippen molar-refractivity contribution < 1.29 is 0 Å². The van der Waals surface area contributed by atoms with Gasteiger partial charge in [-0.15, -0.1) is 0 Å². The van der Waals surface area contributed by atoms with Crippen LogP contribution in [0.1, 0.15) is 12.5 Å². The Morgan fingerprint density at radius 2 is 2.18 bits per heavy atom. The molecule has 0 spiro atoms. The molecule has 1 radical (unpaired) electrons. The predicted octanol–water partition coefficient (Wildman–Crippen LogP) is 2.41. The highest BCUT2D eigenvalue weighted by Crippen LogP contribution is 2.11. The minimum Gasteiger partial charge on any atom is -0.193 e. The maximum Gasteiger partial charge on any atom is 0.0915 e. The number of rotatable bonds is 1. The van der Waals surface area contributed by atoms with E-state index in [0.717, 1.165) is 11.1 Å². The van der Waals surface area contributed by atoms with Gasteiger partial charge in [-0.3, -0.25) is 0 Å². The molecule has 0 saturated heterocycles. The van der Waals surface area contributed by atoms with Gasteiger partial charge >= 0.3 is 0 Å². The van der Waals surface area contributed by atoms with Crippen molar-refractivity contribution in [3.63, 3.8) is 0 Å². The summed E-state index contributed by atoms with van der Waals surface area (Å²) in [6, 6.07) is 12.5. The highest BCUT2D eigenvalue weighted by molar-refractivity contribution is 5.65. The van der Waals surface area contributed by atoms with Crippen LogP contribution >= 0.6 is 0 Å². The SMILES string of the molecule is C/C(=C\C#N)c1cc[c]cc1. The van der Waals surface area contributed by atoms with Crippen LogP contribution in [-0.4, -0.2) is 0 Å². The summed E-state index contributed by atoms with van der Waals surface area (Å²) in [7, 11) is 0. The third kappa shape index (κ3) is 1.94. The Morgan fingerprint density at radius 1 is 1.55 bits per heavy atom. The summed E-state index contributed by atoms with van der Waals surface area (Å²) in [5.41, 5.74) is 2.06. The fraction of sp³-hybridized carbons (Fsp3) is 0.100. The Morgan fingerprint density at radius 3 is 2.73 bits per heavy atom. The number of benzene rings is 1. The summed E-state index contributed by atoms with van der Waals surface area (Å²) < 4.78 is 0. The third-order valence-corrected chi connectivity index (χ3v) is 1.45. The van der Waals surface area contributed by atoms with E-state index in [1.165, 1.54) is 6.08 Å². The lowest BCUT2D eigenvalue weighted by Crippen LogP contribution is -1.76. The van der Waals surface area contributed by atoms with Crippen LogP contribution in [0, 0.1) is 17.4 Å². The molecule has 0 bridgehead atoms. The number of nitriles is 1. The Bertz CT molecular complexity index is 290. The van der Waals surface area contributed by atoms with Crippen LogP contribution in [0.2, 0.25) is 0 Å². The molecule has 1 heteroatoms. The van der Waals surface area contributed by atoms with Crippen molar-refractivity contribution in [2.45, 2.75) is 6.92 Å². The zero-order chi connectivity index (χ0) is 8.10. The average molecular weight is 142 g/mol. The number of hydrogen-bond donors (Lipinski definition) is 0. The second kappa shape index (κ2) is 3.58. The standard InChI is InChI=1S/C10H8N/c1-9(7-8-11)10-5-3-2-4-6-10/h3-7H,1H3/b9-7+. The second-order valence-corrected chi connectivity index (χ2v) is 2.25. The van der Waals surface area contributed by atoms with Crippen molar-refractivity contribution in [1.29, 1.82) is 5.26 Å². The van der Waals surface area contributed by atoms with E-state index >= 15 is 0 Å². The summed E-state index contributed by atoms with van der Waals surface area (Å²) >= 11 is 0. The first kappa shape index (κ1) is 7.56. The van der Waals surface area contributed by atoms with Gasteiger partial charge in [-0.25, -0.2) is 0 Å². The summed E-state index contributed by atoms with van der Waals surface area (Å²) in [6.07, 6.45) is 1.54. The highest BCUT2D eigenvalue weighted by Gasteiger charge is 1.90. The summed E-state index contributed by atoms with van der Waals surface area (Å²) in [6.45, 7) is 1.92. The average Bonchev–Trinajstić information content (AvgIpc) is 2.07. The molecule has 0 aliphatic heterocycles. The molecule has 1 rings (SSSR count). The molecule has 0 N–H and O–H groups in total. The summed E-state index contributed by atoms with van der Waals surface area (Å²) in [5, 5.41) is 8.36. The number of nitrogens with zero attached hydrogens (tertiary/aromatic N) is 1. The van der Waals surface area contributed by atoms with Crippen LogP contribution in [0.15, 0.2) is 30.3 Å². The Kier molecular flexibility index (Phi) is 2.46. The number of hydrogen-bond acceptors (Lipinski definition) is 1. The minimum atomic E-state index is 0.988. The zero-order valence-corrected chi connectivity index (χ0v) is 6.33. The molecule has 1 aromatic carbocycles. The molecule has 1 aromatic rings. The molecular weight excluding hydrogens is 134 g/mol. The fourth-order valence-corrected chi connectivity index (χ4v) is 0.830. The lowest BCUT2D eigenvalue weighted by molar-refractivity contribution is 1.51. The molecule has 0 aromatic heterocycles. The Hall–Kier alpha value is -1.55. The lowest BCUT2D eigenvalue weighted by Gasteiger charge is -1.96. The Labute approximate surface area is 66.6 Å². The smallest absolute Gasteiger partial charge is 0.0915 e. The molecule has 0 heterocycles. The summed E-state index contributed by atoms with van der Waals surface area (Å²) in [5.74, 6) is 0. The van der Waals surface area contributed by atoms with E-state index in [2.05, 4.69) is 6.07 Å². The van der Waals surface area contributed by atoms with E-state index in [0.29, 0.717) is 0 Å². The van der Waals surface area contributed by atoms with E-state index in [-0.39, 0.29) is 0 Å². The Balaban J connectivity index is 2.96. The number of allylic oxidation sites excluding steroid dienone is 2. The van der Waals surface area contributed by atoms with Gasteiger partial charge in [0.15, 0.2) is 0 Å². The fourth-order valence-electron chi connectivity index (χ4n) is 0.830. The van der Waals surface area contributed by atoms with E-state index in [9.17, 15) is 0 Å². The van der Waals surface area contributed by atoms with Crippen LogP contribution < -0.4 is 0 Å². The largest absolute Gasteiger partial charge is 0.193 e. The van der Waals surface area contributed by atoms with Gasteiger partial charge in [0.25, 0.3) is 0 Å². The second-order valence-electron chi connectivity index (χ2n) is 2.25. The molecule has 1 nitrogen and oxygen atoms in total. The molecule has 0 aliphatic carbocycles. The predicted molar refractivity (Wildman–Crippen MR) is 44.5 cm³/mol. The van der Waals surface area contributed by atoms with Gasteiger partial charge in [0.2, 0.25) is 0 Å². The third-order valence-electron chi connectivity index (χ3n) is 1.45. The van der Waals surface area contributed by atoms with Gasteiger partial charge in [0.05, 0.1) is 6.07 Å².